The van der Waals surface area contributed by atoms with Gasteiger partial charge in [-0.3, -0.25) is 10.4 Å². The van der Waals surface area contributed by atoms with Gasteiger partial charge < -0.3 is 5.11 Å². The molecule has 0 aliphatic carbocycles. The first-order chi connectivity index (χ1) is 5.61. The summed E-state index contributed by atoms with van der Waals surface area (Å²) in [6.07, 6.45) is 0. The molecule has 0 bridgehead atoms. The minimum absolute atomic E-state index is 0.0777. The van der Waals surface area contributed by atoms with Crippen molar-refractivity contribution < 1.29 is 20.3 Å². The summed E-state index contributed by atoms with van der Waals surface area (Å²) in [5, 5.41) is 25.4. The van der Waals surface area contributed by atoms with E-state index in [1.54, 1.807) is 0 Å². The fourth-order valence-electron chi connectivity index (χ4n) is 0.737. The van der Waals surface area contributed by atoms with Crippen LogP contribution < -0.4 is 5.23 Å². The fourth-order valence-corrected chi connectivity index (χ4v) is 0.737. The summed E-state index contributed by atoms with van der Waals surface area (Å²) in [4.78, 5) is 10.3. The van der Waals surface area contributed by atoms with Gasteiger partial charge in [-0.2, -0.15) is 0 Å². The topological polar surface area (TPSA) is 81.0 Å². The van der Waals surface area contributed by atoms with Crippen LogP contribution in [0.3, 0.4) is 0 Å². The van der Waals surface area contributed by atoms with Crippen LogP contribution in [0.4, 0.5) is 5.69 Å². The molecule has 0 amide bonds. The third-order valence-corrected chi connectivity index (χ3v) is 1.35. The van der Waals surface area contributed by atoms with Crippen LogP contribution >= 0.6 is 0 Å². The zero-order valence-corrected chi connectivity index (χ0v) is 6.01. The molecule has 3 N–H and O–H groups in total. The number of hydrogen-bond acceptors (Lipinski definition) is 4. The molecule has 0 aliphatic rings. The molecular formula is C7H7NO4. The Morgan fingerprint density at radius 1 is 1.17 bits per heavy atom. The number of rotatable bonds is 2. The summed E-state index contributed by atoms with van der Waals surface area (Å²) in [6, 6.07) is 5.11. The van der Waals surface area contributed by atoms with E-state index in [4.69, 9.17) is 15.5 Å². The number of anilines is 1. The molecule has 5 nitrogen and oxygen atoms in total. The van der Waals surface area contributed by atoms with Gasteiger partial charge in [0.05, 0.1) is 11.3 Å². The lowest BCUT2D eigenvalue weighted by molar-refractivity contribution is 0.0291. The van der Waals surface area contributed by atoms with E-state index in [2.05, 4.69) is 0 Å². The predicted octanol–water partition coefficient (Wildman–Crippen LogP) is 0.970. The van der Waals surface area contributed by atoms with Crippen LogP contribution in [0.2, 0.25) is 0 Å². The highest BCUT2D eigenvalue weighted by Crippen LogP contribution is 2.11. The summed E-state index contributed by atoms with van der Waals surface area (Å²) in [5.74, 6) is -1.05. The Hall–Kier alpha value is -1.59. The fraction of sp³-hybridized carbons (Fsp3) is 0. The third kappa shape index (κ3) is 1.71. The van der Waals surface area contributed by atoms with Gasteiger partial charge in [0.1, 0.15) is 0 Å². The molecule has 5 heteroatoms. The highest BCUT2D eigenvalue weighted by atomic mass is 16.8. The summed E-state index contributed by atoms with van der Waals surface area (Å²) in [6.45, 7) is 0. The van der Waals surface area contributed by atoms with Crippen molar-refractivity contribution in [3.05, 3.63) is 29.8 Å². The van der Waals surface area contributed by atoms with Crippen LogP contribution in [0, 0.1) is 0 Å². The summed E-state index contributed by atoms with van der Waals surface area (Å²) in [7, 11) is 0. The van der Waals surface area contributed by atoms with Crippen LogP contribution in [0.1, 0.15) is 10.4 Å². The van der Waals surface area contributed by atoms with Crippen molar-refractivity contribution in [2.24, 2.45) is 0 Å². The minimum atomic E-state index is -1.05. The molecule has 0 aromatic heterocycles. The molecule has 1 aromatic carbocycles. The SMILES string of the molecule is O=C(O)c1ccc(N(O)O)cc1. The Morgan fingerprint density at radius 3 is 2.00 bits per heavy atom. The Labute approximate surface area is 68.0 Å². The van der Waals surface area contributed by atoms with Gasteiger partial charge in [0, 0.05) is 0 Å². The highest BCUT2D eigenvalue weighted by molar-refractivity contribution is 5.87. The second-order valence-corrected chi connectivity index (χ2v) is 2.14. The summed E-state index contributed by atoms with van der Waals surface area (Å²) in [5.41, 5.74) is 0.209. The van der Waals surface area contributed by atoms with Crippen LogP contribution in [0.15, 0.2) is 24.3 Å². The summed E-state index contributed by atoms with van der Waals surface area (Å²) < 4.78 is 0. The molecule has 0 heterocycles. The zero-order chi connectivity index (χ0) is 9.14. The number of hydrogen-bond donors (Lipinski definition) is 3. The lowest BCUT2D eigenvalue weighted by Gasteiger charge is -2.06. The van der Waals surface area contributed by atoms with E-state index in [9.17, 15) is 4.79 Å². The van der Waals surface area contributed by atoms with Gasteiger partial charge in [0.2, 0.25) is 0 Å². The molecule has 1 rings (SSSR count). The number of benzene rings is 1. The van der Waals surface area contributed by atoms with E-state index in [1.165, 1.54) is 24.3 Å². The standard InChI is InChI=1S/C7H7NO4/c9-7(10)5-1-3-6(4-2-5)8(11)12/h1-4,11-12H,(H,9,10). The molecule has 0 radical (unpaired) electrons. The molecule has 0 unspecified atom stereocenters. The third-order valence-electron chi connectivity index (χ3n) is 1.35. The van der Waals surface area contributed by atoms with Crippen LogP contribution in [0.25, 0.3) is 0 Å². The van der Waals surface area contributed by atoms with Crippen molar-refractivity contribution in [1.29, 1.82) is 0 Å². The van der Waals surface area contributed by atoms with Crippen LogP contribution in [-0.2, 0) is 0 Å². The predicted molar refractivity (Wildman–Crippen MR) is 39.5 cm³/mol. The van der Waals surface area contributed by atoms with Gasteiger partial charge in [-0.05, 0) is 24.3 Å². The average molecular weight is 169 g/mol. The van der Waals surface area contributed by atoms with E-state index in [0.29, 0.717) is 0 Å². The quantitative estimate of drug-likeness (QED) is 0.574. The molecule has 0 fully saturated rings. The molecule has 0 aliphatic heterocycles. The van der Waals surface area contributed by atoms with Crippen molar-refractivity contribution in [3.63, 3.8) is 0 Å². The number of aromatic carboxylic acids is 1. The number of carbonyl (C=O) groups is 1. The largest absolute Gasteiger partial charge is 0.478 e. The van der Waals surface area contributed by atoms with E-state index >= 15 is 0 Å². The smallest absolute Gasteiger partial charge is 0.335 e. The lowest BCUT2D eigenvalue weighted by atomic mass is 10.2. The Morgan fingerprint density at radius 2 is 1.67 bits per heavy atom. The maximum atomic E-state index is 10.3. The first-order valence-electron chi connectivity index (χ1n) is 3.12. The van der Waals surface area contributed by atoms with E-state index in [1.807, 2.05) is 0 Å². The van der Waals surface area contributed by atoms with E-state index in [-0.39, 0.29) is 16.5 Å². The lowest BCUT2D eigenvalue weighted by Crippen LogP contribution is -2.10. The number of carboxylic acids is 1. The van der Waals surface area contributed by atoms with Crippen LogP contribution in [0.5, 0.6) is 0 Å². The Bertz CT molecular complexity index is 280. The average Bonchev–Trinajstić information content (AvgIpc) is 2.04. The monoisotopic (exact) mass is 169 g/mol. The Balaban J connectivity index is 2.93. The molecule has 12 heavy (non-hydrogen) atoms. The minimum Gasteiger partial charge on any atom is -0.478 e. The van der Waals surface area contributed by atoms with Gasteiger partial charge in [0.25, 0.3) is 0 Å². The molecule has 0 saturated carbocycles. The molecule has 64 valence electrons. The number of carboxylic acid groups (broad SMARTS) is 1. The van der Waals surface area contributed by atoms with Crippen LogP contribution in [-0.4, -0.2) is 21.5 Å². The van der Waals surface area contributed by atoms with E-state index in [0.717, 1.165) is 0 Å². The van der Waals surface area contributed by atoms with Gasteiger partial charge >= 0.3 is 5.97 Å². The van der Waals surface area contributed by atoms with Crippen molar-refractivity contribution in [1.82, 2.24) is 0 Å². The highest BCUT2D eigenvalue weighted by Gasteiger charge is 2.03. The molecule has 0 spiro atoms. The molecule has 1 aromatic rings. The van der Waals surface area contributed by atoms with Crippen molar-refractivity contribution in [3.8, 4) is 0 Å². The number of nitrogens with zero attached hydrogens (tertiary/aromatic N) is 1. The second kappa shape index (κ2) is 3.21. The maximum Gasteiger partial charge on any atom is 0.335 e. The van der Waals surface area contributed by atoms with Gasteiger partial charge in [-0.25, -0.2) is 4.79 Å². The van der Waals surface area contributed by atoms with E-state index < -0.39 is 5.97 Å². The molecular weight excluding hydrogens is 162 g/mol. The normalized spacial score (nSPS) is 9.50. The van der Waals surface area contributed by atoms with Gasteiger partial charge in [0.15, 0.2) is 0 Å². The first kappa shape index (κ1) is 8.51. The second-order valence-electron chi connectivity index (χ2n) is 2.14. The summed E-state index contributed by atoms with van der Waals surface area (Å²) >= 11 is 0. The van der Waals surface area contributed by atoms with Crippen molar-refractivity contribution in [2.75, 3.05) is 5.23 Å². The first-order valence-corrected chi connectivity index (χ1v) is 3.12. The molecule has 0 atom stereocenters. The zero-order valence-electron chi connectivity index (χ0n) is 6.01. The van der Waals surface area contributed by atoms with Gasteiger partial charge in [-0.1, -0.05) is 0 Å². The van der Waals surface area contributed by atoms with Crippen molar-refractivity contribution >= 4 is 11.7 Å². The van der Waals surface area contributed by atoms with Gasteiger partial charge in [-0.15, -0.1) is 5.23 Å². The maximum absolute atomic E-state index is 10.3. The van der Waals surface area contributed by atoms with Crippen molar-refractivity contribution in [2.45, 2.75) is 0 Å². The molecule has 0 saturated heterocycles. The Kier molecular flexibility index (Phi) is 2.27.